The van der Waals surface area contributed by atoms with E-state index in [9.17, 15) is 9.50 Å². The third-order valence-electron chi connectivity index (χ3n) is 3.51. The minimum Gasteiger partial charge on any atom is -0.387 e. The van der Waals surface area contributed by atoms with Crippen molar-refractivity contribution >= 4 is 0 Å². The molecule has 1 aromatic rings. The molecule has 0 heterocycles. The molecular weight excluding hydrogens is 245 g/mol. The summed E-state index contributed by atoms with van der Waals surface area (Å²) in [5.41, 5.74) is 0.601. The Labute approximate surface area is 113 Å². The zero-order valence-corrected chi connectivity index (χ0v) is 11.1. The van der Waals surface area contributed by atoms with E-state index in [0.717, 1.165) is 0 Å². The van der Waals surface area contributed by atoms with E-state index in [2.05, 4.69) is 5.32 Å². The fraction of sp³-hybridized carbons (Fsp3) is 0.600. The Hall–Kier alpha value is -0.970. The highest BCUT2D eigenvalue weighted by molar-refractivity contribution is 5.18. The predicted molar refractivity (Wildman–Crippen MR) is 72.4 cm³/mol. The molecule has 0 spiro atoms. The van der Waals surface area contributed by atoms with E-state index in [0.29, 0.717) is 31.4 Å². The molecule has 0 aromatic heterocycles. The summed E-state index contributed by atoms with van der Waals surface area (Å²) in [6, 6.07) is 6.07. The summed E-state index contributed by atoms with van der Waals surface area (Å²) in [4.78, 5) is 0. The van der Waals surface area contributed by atoms with Gasteiger partial charge in [-0.1, -0.05) is 25.0 Å². The van der Waals surface area contributed by atoms with Gasteiger partial charge in [0.05, 0.1) is 18.8 Å². The Morgan fingerprint density at radius 2 is 2.16 bits per heavy atom. The summed E-state index contributed by atoms with van der Waals surface area (Å²) < 4.78 is 18.7. The predicted octanol–water partition coefficient (Wildman–Crippen LogP) is 2.41. The highest BCUT2D eigenvalue weighted by atomic mass is 19.1. The van der Waals surface area contributed by atoms with E-state index in [-0.39, 0.29) is 5.82 Å². The first kappa shape index (κ1) is 14.4. The molecule has 2 rings (SSSR count). The van der Waals surface area contributed by atoms with Crippen LogP contribution in [0.15, 0.2) is 24.3 Å². The van der Waals surface area contributed by atoms with Gasteiger partial charge >= 0.3 is 0 Å². The van der Waals surface area contributed by atoms with Crippen LogP contribution in [0.4, 0.5) is 4.39 Å². The number of rotatable bonds is 7. The van der Waals surface area contributed by atoms with E-state index >= 15 is 0 Å². The number of aliphatic hydroxyl groups excluding tert-OH is 1. The molecule has 2 N–H and O–H groups in total. The van der Waals surface area contributed by atoms with Crippen LogP contribution >= 0.6 is 0 Å². The van der Waals surface area contributed by atoms with Crippen molar-refractivity contribution in [2.24, 2.45) is 0 Å². The molecule has 3 nitrogen and oxygen atoms in total. The number of benzene rings is 1. The van der Waals surface area contributed by atoms with Gasteiger partial charge in [0.25, 0.3) is 0 Å². The third kappa shape index (κ3) is 4.90. The van der Waals surface area contributed by atoms with Gasteiger partial charge in [-0.2, -0.15) is 0 Å². The molecule has 19 heavy (non-hydrogen) atoms. The second kappa shape index (κ2) is 7.58. The average Bonchev–Trinajstić information content (AvgIpc) is 2.91. The first-order valence-electron chi connectivity index (χ1n) is 7.01. The van der Waals surface area contributed by atoms with Crippen LogP contribution in [0.5, 0.6) is 0 Å². The molecule has 1 unspecified atom stereocenters. The quantitative estimate of drug-likeness (QED) is 0.745. The molecule has 1 aliphatic rings. The molecule has 0 bridgehead atoms. The largest absolute Gasteiger partial charge is 0.387 e. The second-order valence-corrected chi connectivity index (χ2v) is 5.05. The maximum absolute atomic E-state index is 13.0. The van der Waals surface area contributed by atoms with Gasteiger partial charge in [-0.25, -0.2) is 4.39 Å². The van der Waals surface area contributed by atoms with Crippen molar-refractivity contribution in [3.05, 3.63) is 35.6 Å². The topological polar surface area (TPSA) is 41.5 Å². The average molecular weight is 267 g/mol. The molecule has 0 amide bonds. The van der Waals surface area contributed by atoms with Crippen molar-refractivity contribution in [3.8, 4) is 0 Å². The van der Waals surface area contributed by atoms with Crippen LogP contribution in [0.2, 0.25) is 0 Å². The smallest absolute Gasteiger partial charge is 0.123 e. The van der Waals surface area contributed by atoms with Crippen LogP contribution in [-0.2, 0) is 4.74 Å². The molecule has 106 valence electrons. The molecule has 1 aromatic carbocycles. The molecule has 1 fully saturated rings. The highest BCUT2D eigenvalue weighted by Crippen LogP contribution is 2.20. The highest BCUT2D eigenvalue weighted by Gasteiger charge is 2.14. The lowest BCUT2D eigenvalue weighted by atomic mass is 10.1. The van der Waals surface area contributed by atoms with Crippen LogP contribution in [0, 0.1) is 5.82 Å². The van der Waals surface area contributed by atoms with Crippen LogP contribution in [0.25, 0.3) is 0 Å². The van der Waals surface area contributed by atoms with Crippen LogP contribution < -0.4 is 5.32 Å². The molecule has 1 atom stereocenters. The molecule has 1 aliphatic carbocycles. The summed E-state index contributed by atoms with van der Waals surface area (Å²) in [5.74, 6) is -0.318. The minimum atomic E-state index is -0.679. The van der Waals surface area contributed by atoms with E-state index in [1.165, 1.54) is 37.8 Å². The Balaban J connectivity index is 1.59. The maximum atomic E-state index is 13.0. The van der Waals surface area contributed by atoms with Crippen molar-refractivity contribution in [1.82, 2.24) is 5.32 Å². The molecule has 4 heteroatoms. The van der Waals surface area contributed by atoms with Crippen LogP contribution in [0.1, 0.15) is 37.4 Å². The lowest BCUT2D eigenvalue weighted by Gasteiger charge is -2.14. The summed E-state index contributed by atoms with van der Waals surface area (Å²) in [6.45, 7) is 1.79. The van der Waals surface area contributed by atoms with Crippen molar-refractivity contribution in [1.29, 1.82) is 0 Å². The van der Waals surface area contributed by atoms with Gasteiger partial charge in [0.15, 0.2) is 0 Å². The summed E-state index contributed by atoms with van der Waals surface area (Å²) in [5, 5.41) is 13.0. The first-order valence-corrected chi connectivity index (χ1v) is 7.01. The lowest BCUT2D eigenvalue weighted by molar-refractivity contribution is 0.0585. The molecule has 1 saturated carbocycles. The fourth-order valence-electron chi connectivity index (χ4n) is 2.42. The van der Waals surface area contributed by atoms with Crippen LogP contribution in [0.3, 0.4) is 0 Å². The molecule has 0 radical (unpaired) electrons. The molecule has 0 saturated heterocycles. The van der Waals surface area contributed by atoms with Crippen molar-refractivity contribution in [2.45, 2.75) is 37.9 Å². The number of halogens is 1. The fourth-order valence-corrected chi connectivity index (χ4v) is 2.42. The van der Waals surface area contributed by atoms with Crippen molar-refractivity contribution < 1.29 is 14.2 Å². The van der Waals surface area contributed by atoms with E-state index in [4.69, 9.17) is 4.74 Å². The number of hydrogen-bond donors (Lipinski definition) is 2. The van der Waals surface area contributed by atoms with Gasteiger partial charge in [0.1, 0.15) is 5.82 Å². The number of ether oxygens (including phenoxy) is 1. The monoisotopic (exact) mass is 267 g/mol. The van der Waals surface area contributed by atoms with Gasteiger partial charge in [0, 0.05) is 13.1 Å². The van der Waals surface area contributed by atoms with E-state index in [1.807, 2.05) is 0 Å². The van der Waals surface area contributed by atoms with Gasteiger partial charge in [-0.3, -0.25) is 0 Å². The summed E-state index contributed by atoms with van der Waals surface area (Å²) in [6.07, 6.45) is 4.64. The minimum absolute atomic E-state index is 0.318. The van der Waals surface area contributed by atoms with Crippen LogP contribution in [-0.4, -0.2) is 30.9 Å². The Morgan fingerprint density at radius 1 is 1.37 bits per heavy atom. The Kier molecular flexibility index (Phi) is 5.76. The lowest BCUT2D eigenvalue weighted by Crippen LogP contribution is -2.26. The van der Waals surface area contributed by atoms with E-state index in [1.54, 1.807) is 12.1 Å². The van der Waals surface area contributed by atoms with Crippen molar-refractivity contribution in [2.75, 3.05) is 19.7 Å². The normalized spacial score (nSPS) is 17.8. The van der Waals surface area contributed by atoms with Gasteiger partial charge in [0.2, 0.25) is 0 Å². The number of nitrogens with one attached hydrogen (secondary N) is 1. The Morgan fingerprint density at radius 3 is 2.89 bits per heavy atom. The summed E-state index contributed by atoms with van der Waals surface area (Å²) >= 11 is 0. The third-order valence-corrected chi connectivity index (χ3v) is 3.51. The van der Waals surface area contributed by atoms with Gasteiger partial charge in [-0.15, -0.1) is 0 Å². The SMILES string of the molecule is OC(CNCCOC1CCCC1)c1cccc(F)c1. The number of aliphatic hydroxyl groups is 1. The molecular formula is C15H22FNO2. The second-order valence-electron chi connectivity index (χ2n) is 5.05. The number of hydrogen-bond acceptors (Lipinski definition) is 3. The zero-order valence-electron chi connectivity index (χ0n) is 11.1. The van der Waals surface area contributed by atoms with Gasteiger partial charge in [-0.05, 0) is 30.5 Å². The maximum Gasteiger partial charge on any atom is 0.123 e. The zero-order chi connectivity index (χ0) is 13.5. The standard InChI is InChI=1S/C15H22FNO2/c16-13-5-3-4-12(10-13)15(18)11-17-8-9-19-14-6-1-2-7-14/h3-5,10,14-15,17-18H,1-2,6-9,11H2. The first-order chi connectivity index (χ1) is 9.25. The summed E-state index contributed by atoms with van der Waals surface area (Å²) in [7, 11) is 0. The molecule has 0 aliphatic heterocycles. The van der Waals surface area contributed by atoms with Crippen molar-refractivity contribution in [3.63, 3.8) is 0 Å². The van der Waals surface area contributed by atoms with Gasteiger partial charge < -0.3 is 15.2 Å². The van der Waals surface area contributed by atoms with E-state index < -0.39 is 6.10 Å². The Bertz CT molecular complexity index is 380.